The van der Waals surface area contributed by atoms with Crippen LogP contribution in [0.3, 0.4) is 0 Å². The SMILES string of the molecule is O=C1C2CC(CN2Cc2cccnc2)Oc2ccccc2N1CC1CC1. The van der Waals surface area contributed by atoms with Gasteiger partial charge in [0, 0.05) is 38.4 Å². The molecule has 1 aliphatic carbocycles. The molecule has 3 heterocycles. The highest BCUT2D eigenvalue weighted by atomic mass is 16.5. The molecule has 0 N–H and O–H groups in total. The lowest BCUT2D eigenvalue weighted by atomic mass is 10.1. The minimum Gasteiger partial charge on any atom is -0.487 e. The van der Waals surface area contributed by atoms with Gasteiger partial charge in [0.15, 0.2) is 0 Å². The van der Waals surface area contributed by atoms with Crippen molar-refractivity contribution in [3.63, 3.8) is 0 Å². The molecular formula is C21H23N3O2. The van der Waals surface area contributed by atoms with Crippen molar-refractivity contribution in [1.29, 1.82) is 0 Å². The van der Waals surface area contributed by atoms with Gasteiger partial charge < -0.3 is 9.64 Å². The number of anilines is 1. The fraction of sp³-hybridized carbons (Fsp3) is 0.429. The van der Waals surface area contributed by atoms with Gasteiger partial charge in [-0.1, -0.05) is 18.2 Å². The molecule has 0 radical (unpaired) electrons. The Morgan fingerprint density at radius 2 is 2.04 bits per heavy atom. The van der Waals surface area contributed by atoms with E-state index in [1.54, 1.807) is 6.20 Å². The number of para-hydroxylation sites is 2. The first-order valence-electron chi connectivity index (χ1n) is 9.48. The first-order valence-corrected chi connectivity index (χ1v) is 9.48. The Morgan fingerprint density at radius 3 is 2.85 bits per heavy atom. The molecule has 5 heteroatoms. The summed E-state index contributed by atoms with van der Waals surface area (Å²) in [6.45, 7) is 2.32. The monoisotopic (exact) mass is 349 g/mol. The normalized spacial score (nSPS) is 25.4. The van der Waals surface area contributed by atoms with Crippen LogP contribution in [-0.2, 0) is 11.3 Å². The molecule has 5 rings (SSSR count). The second kappa shape index (κ2) is 6.40. The number of fused-ring (bicyclic) bond motifs is 3. The summed E-state index contributed by atoms with van der Waals surface area (Å²) in [5.74, 6) is 1.70. The van der Waals surface area contributed by atoms with Gasteiger partial charge in [0.2, 0.25) is 5.91 Å². The highest BCUT2D eigenvalue weighted by Gasteiger charge is 2.43. The van der Waals surface area contributed by atoms with E-state index >= 15 is 0 Å². The molecule has 2 aliphatic heterocycles. The van der Waals surface area contributed by atoms with E-state index in [0.29, 0.717) is 5.92 Å². The maximum atomic E-state index is 13.5. The van der Waals surface area contributed by atoms with Crippen molar-refractivity contribution < 1.29 is 9.53 Å². The van der Waals surface area contributed by atoms with Crippen LogP contribution < -0.4 is 9.64 Å². The summed E-state index contributed by atoms with van der Waals surface area (Å²) >= 11 is 0. The molecule has 1 aromatic heterocycles. The number of rotatable bonds is 4. The molecule has 2 atom stereocenters. The third-order valence-corrected chi connectivity index (χ3v) is 5.61. The zero-order valence-corrected chi connectivity index (χ0v) is 14.8. The second-order valence-corrected chi connectivity index (χ2v) is 7.64. The first kappa shape index (κ1) is 15.8. The Kier molecular flexibility index (Phi) is 3.89. The molecule has 1 saturated heterocycles. The van der Waals surface area contributed by atoms with Crippen LogP contribution >= 0.6 is 0 Å². The van der Waals surface area contributed by atoms with Gasteiger partial charge in [-0.3, -0.25) is 14.7 Å². The van der Waals surface area contributed by atoms with Crippen LogP contribution in [0.5, 0.6) is 5.75 Å². The second-order valence-electron chi connectivity index (χ2n) is 7.64. The zero-order chi connectivity index (χ0) is 17.5. The van der Waals surface area contributed by atoms with Gasteiger partial charge in [0.25, 0.3) is 0 Å². The molecule has 5 nitrogen and oxygen atoms in total. The molecule has 3 aliphatic rings. The Morgan fingerprint density at radius 1 is 1.15 bits per heavy atom. The highest BCUT2D eigenvalue weighted by molar-refractivity contribution is 5.99. The molecule has 1 amide bonds. The number of aromatic nitrogens is 1. The lowest BCUT2D eigenvalue weighted by molar-refractivity contribution is -0.123. The Bertz CT molecular complexity index is 806. The number of hydrogen-bond donors (Lipinski definition) is 0. The lowest BCUT2D eigenvalue weighted by Gasteiger charge is -2.32. The summed E-state index contributed by atoms with van der Waals surface area (Å²) in [5.41, 5.74) is 2.07. The van der Waals surface area contributed by atoms with E-state index in [4.69, 9.17) is 4.74 Å². The zero-order valence-electron chi connectivity index (χ0n) is 14.8. The molecule has 2 fully saturated rings. The smallest absolute Gasteiger partial charge is 0.244 e. The molecule has 1 aromatic carbocycles. The van der Waals surface area contributed by atoms with E-state index in [9.17, 15) is 4.79 Å². The average Bonchev–Trinajstić information content (AvgIpc) is 3.39. The molecular weight excluding hydrogens is 326 g/mol. The maximum Gasteiger partial charge on any atom is 0.244 e. The van der Waals surface area contributed by atoms with Crippen molar-refractivity contribution in [1.82, 2.24) is 9.88 Å². The first-order chi connectivity index (χ1) is 12.8. The Labute approximate surface area is 153 Å². The Balaban J connectivity index is 1.47. The molecule has 2 unspecified atom stereocenters. The maximum absolute atomic E-state index is 13.5. The van der Waals surface area contributed by atoms with Crippen molar-refractivity contribution >= 4 is 11.6 Å². The van der Waals surface area contributed by atoms with E-state index in [0.717, 1.165) is 43.1 Å². The van der Waals surface area contributed by atoms with Gasteiger partial charge in [-0.05, 0) is 42.5 Å². The number of carbonyl (C=O) groups is 1. The topological polar surface area (TPSA) is 45.7 Å². The van der Waals surface area contributed by atoms with Crippen molar-refractivity contribution in [2.75, 3.05) is 18.0 Å². The molecule has 26 heavy (non-hydrogen) atoms. The van der Waals surface area contributed by atoms with Crippen LogP contribution in [0.2, 0.25) is 0 Å². The van der Waals surface area contributed by atoms with Gasteiger partial charge >= 0.3 is 0 Å². The number of nitrogens with zero attached hydrogens (tertiary/aromatic N) is 3. The molecule has 0 spiro atoms. The third-order valence-electron chi connectivity index (χ3n) is 5.61. The van der Waals surface area contributed by atoms with Gasteiger partial charge in [0.05, 0.1) is 11.7 Å². The van der Waals surface area contributed by atoms with Gasteiger partial charge in [-0.15, -0.1) is 0 Å². The highest BCUT2D eigenvalue weighted by Crippen LogP contribution is 2.39. The van der Waals surface area contributed by atoms with Gasteiger partial charge in [0.1, 0.15) is 11.9 Å². The predicted octanol–water partition coefficient (Wildman–Crippen LogP) is 2.86. The molecule has 1 saturated carbocycles. The van der Waals surface area contributed by atoms with E-state index in [1.165, 1.54) is 12.8 Å². The number of carbonyl (C=O) groups excluding carboxylic acids is 1. The molecule has 2 aromatic rings. The van der Waals surface area contributed by atoms with E-state index in [2.05, 4.69) is 16.0 Å². The number of benzene rings is 1. The van der Waals surface area contributed by atoms with Crippen molar-refractivity contribution in [3.8, 4) is 5.75 Å². The summed E-state index contributed by atoms with van der Waals surface area (Å²) in [7, 11) is 0. The van der Waals surface area contributed by atoms with Crippen LogP contribution in [0.25, 0.3) is 0 Å². The summed E-state index contributed by atoms with van der Waals surface area (Å²) in [5, 5.41) is 0. The summed E-state index contributed by atoms with van der Waals surface area (Å²) in [6.07, 6.45) is 6.92. The summed E-state index contributed by atoms with van der Waals surface area (Å²) in [4.78, 5) is 21.9. The third kappa shape index (κ3) is 2.97. The van der Waals surface area contributed by atoms with E-state index < -0.39 is 0 Å². The van der Waals surface area contributed by atoms with Gasteiger partial charge in [-0.25, -0.2) is 0 Å². The van der Waals surface area contributed by atoms with E-state index in [-0.39, 0.29) is 18.1 Å². The summed E-state index contributed by atoms with van der Waals surface area (Å²) < 4.78 is 6.33. The summed E-state index contributed by atoms with van der Waals surface area (Å²) in [6, 6.07) is 11.9. The number of ether oxygens (including phenoxy) is 1. The van der Waals surface area contributed by atoms with Gasteiger partial charge in [-0.2, -0.15) is 0 Å². The molecule has 134 valence electrons. The lowest BCUT2D eigenvalue weighted by Crippen LogP contribution is -2.46. The van der Waals surface area contributed by atoms with Crippen molar-refractivity contribution in [2.45, 2.75) is 38.0 Å². The van der Waals surface area contributed by atoms with Crippen LogP contribution in [0.1, 0.15) is 24.8 Å². The fourth-order valence-electron chi connectivity index (χ4n) is 4.11. The van der Waals surface area contributed by atoms with Crippen molar-refractivity contribution in [3.05, 3.63) is 54.4 Å². The minimum absolute atomic E-state index is 0.0600. The molecule has 2 bridgehead atoms. The number of likely N-dealkylation sites (tertiary alicyclic amines) is 1. The van der Waals surface area contributed by atoms with Crippen LogP contribution in [-0.4, -0.2) is 41.0 Å². The minimum atomic E-state index is -0.118. The number of amides is 1. The fourth-order valence-corrected chi connectivity index (χ4v) is 4.11. The standard InChI is InChI=1S/C21H23N3O2/c25-21-19-10-17(14-23(19)12-16-4-3-9-22-11-16)26-20-6-2-1-5-18(20)24(21)13-15-7-8-15/h1-6,9,11,15,17,19H,7-8,10,12-14H2. The van der Waals surface area contributed by atoms with Crippen molar-refractivity contribution in [2.24, 2.45) is 5.92 Å². The number of pyridine rings is 1. The van der Waals surface area contributed by atoms with Crippen LogP contribution in [0.15, 0.2) is 48.8 Å². The largest absolute Gasteiger partial charge is 0.487 e. The quantitative estimate of drug-likeness (QED) is 0.851. The predicted molar refractivity (Wildman–Crippen MR) is 99.0 cm³/mol. The van der Waals surface area contributed by atoms with E-state index in [1.807, 2.05) is 41.4 Å². The van der Waals surface area contributed by atoms with Crippen LogP contribution in [0, 0.1) is 5.92 Å². The number of hydrogen-bond acceptors (Lipinski definition) is 4. The van der Waals surface area contributed by atoms with Crippen LogP contribution in [0.4, 0.5) is 5.69 Å². The average molecular weight is 349 g/mol. The Hall–Kier alpha value is -2.40.